The third-order valence-electron chi connectivity index (χ3n) is 6.00. The van der Waals surface area contributed by atoms with Crippen molar-refractivity contribution in [3.05, 3.63) is 81.8 Å². The molecule has 1 fully saturated rings. The molecule has 2 aromatic carbocycles. The minimum atomic E-state index is 0.0625. The molecule has 1 aromatic heterocycles. The molecule has 0 bridgehead atoms. The lowest BCUT2D eigenvalue weighted by molar-refractivity contribution is -0.139. The second-order valence-corrected chi connectivity index (χ2v) is 9.55. The van der Waals surface area contributed by atoms with Gasteiger partial charge in [0, 0.05) is 38.0 Å². The van der Waals surface area contributed by atoms with Crippen LogP contribution in [0.25, 0.3) is 0 Å². The van der Waals surface area contributed by atoms with Gasteiger partial charge in [-0.15, -0.1) is 11.3 Å². The Morgan fingerprint density at radius 2 is 1.62 bits per heavy atom. The van der Waals surface area contributed by atoms with Gasteiger partial charge in [-0.05, 0) is 37.5 Å². The van der Waals surface area contributed by atoms with Crippen molar-refractivity contribution in [1.82, 2.24) is 14.8 Å². The van der Waals surface area contributed by atoms with E-state index in [4.69, 9.17) is 4.74 Å². The number of rotatable bonds is 9. The van der Waals surface area contributed by atoms with Crippen molar-refractivity contribution in [3.63, 3.8) is 0 Å². The van der Waals surface area contributed by atoms with E-state index in [1.54, 1.807) is 0 Å². The van der Waals surface area contributed by atoms with Crippen LogP contribution in [0.1, 0.15) is 34.7 Å². The molecule has 7 heteroatoms. The predicted molar refractivity (Wildman–Crippen MR) is 134 cm³/mol. The summed E-state index contributed by atoms with van der Waals surface area (Å²) in [5.74, 6) is 1.05. The Labute approximate surface area is 205 Å². The molecule has 1 aliphatic heterocycles. The monoisotopic (exact) mass is 477 g/mol. The van der Waals surface area contributed by atoms with Crippen molar-refractivity contribution in [3.8, 4) is 5.75 Å². The number of carbonyl (C=O) groups excluding carboxylic acids is 2. The first-order chi connectivity index (χ1) is 16.6. The van der Waals surface area contributed by atoms with Crippen LogP contribution in [0, 0.1) is 6.92 Å². The van der Waals surface area contributed by atoms with E-state index in [9.17, 15) is 9.59 Å². The lowest BCUT2D eigenvalue weighted by atomic mass is 10.1. The van der Waals surface area contributed by atoms with Gasteiger partial charge in [0.1, 0.15) is 17.4 Å². The molecular formula is C27H31N3O3S. The number of nitrogens with zero attached hydrogens (tertiary/aromatic N) is 3. The van der Waals surface area contributed by atoms with Crippen LogP contribution in [0.5, 0.6) is 5.75 Å². The molecule has 178 valence electrons. The van der Waals surface area contributed by atoms with Gasteiger partial charge in [0.05, 0.1) is 12.1 Å². The maximum atomic E-state index is 12.7. The molecule has 34 heavy (non-hydrogen) atoms. The van der Waals surface area contributed by atoms with Gasteiger partial charge in [0.2, 0.25) is 11.8 Å². The smallest absolute Gasteiger partial charge is 0.228 e. The van der Waals surface area contributed by atoms with E-state index in [-0.39, 0.29) is 18.2 Å². The van der Waals surface area contributed by atoms with Crippen LogP contribution < -0.4 is 4.74 Å². The summed E-state index contributed by atoms with van der Waals surface area (Å²) in [6.07, 6.45) is 2.60. The number of thiazole rings is 1. The molecule has 0 unspecified atom stereocenters. The molecular weight excluding hydrogens is 446 g/mol. The highest BCUT2D eigenvalue weighted by Crippen LogP contribution is 2.17. The lowest BCUT2D eigenvalue weighted by Gasteiger charge is -2.34. The maximum absolute atomic E-state index is 12.7. The summed E-state index contributed by atoms with van der Waals surface area (Å²) in [5, 5.41) is 2.78. The quantitative estimate of drug-likeness (QED) is 0.462. The molecule has 2 amide bonds. The summed E-state index contributed by atoms with van der Waals surface area (Å²) in [6, 6.07) is 18.2. The van der Waals surface area contributed by atoms with Gasteiger partial charge in [0.25, 0.3) is 0 Å². The van der Waals surface area contributed by atoms with Gasteiger partial charge in [-0.1, -0.05) is 48.0 Å². The molecule has 0 radical (unpaired) electrons. The fraction of sp³-hybridized carbons (Fsp3) is 0.370. The number of carbonyl (C=O) groups is 2. The van der Waals surface area contributed by atoms with E-state index in [1.807, 2.05) is 64.6 Å². The predicted octanol–water partition coefficient (Wildman–Crippen LogP) is 4.27. The Bertz CT molecular complexity index is 1070. The van der Waals surface area contributed by atoms with Crippen molar-refractivity contribution in [1.29, 1.82) is 0 Å². The Morgan fingerprint density at radius 1 is 0.941 bits per heavy atom. The summed E-state index contributed by atoms with van der Waals surface area (Å²) >= 11 is 1.51. The van der Waals surface area contributed by atoms with Gasteiger partial charge < -0.3 is 14.5 Å². The molecule has 0 saturated carbocycles. The molecule has 4 rings (SSSR count). The largest absolute Gasteiger partial charge is 0.486 e. The SMILES string of the molecule is Cc1ccc(OCc2nc(CC(=O)N3CCN(C(=O)CCCc4ccccc4)CC3)cs2)cc1. The number of hydrogen-bond donors (Lipinski definition) is 0. The molecule has 1 aliphatic rings. The summed E-state index contributed by atoms with van der Waals surface area (Å²) in [6.45, 7) is 4.80. The summed E-state index contributed by atoms with van der Waals surface area (Å²) in [4.78, 5) is 33.6. The van der Waals surface area contributed by atoms with Gasteiger partial charge in [-0.3, -0.25) is 9.59 Å². The number of benzene rings is 2. The molecule has 0 aliphatic carbocycles. The Hall–Kier alpha value is -3.19. The summed E-state index contributed by atoms with van der Waals surface area (Å²) < 4.78 is 5.78. The second kappa shape index (κ2) is 11.8. The third-order valence-corrected chi connectivity index (χ3v) is 6.87. The Morgan fingerprint density at radius 3 is 2.32 bits per heavy atom. The lowest BCUT2D eigenvalue weighted by Crippen LogP contribution is -2.51. The molecule has 0 N–H and O–H groups in total. The normalized spacial score (nSPS) is 13.7. The van der Waals surface area contributed by atoms with Crippen LogP contribution in [0.15, 0.2) is 60.0 Å². The third kappa shape index (κ3) is 6.90. The van der Waals surface area contributed by atoms with Crippen molar-refractivity contribution >= 4 is 23.2 Å². The van der Waals surface area contributed by atoms with E-state index in [0.29, 0.717) is 39.2 Å². The highest BCUT2D eigenvalue weighted by Gasteiger charge is 2.24. The summed E-state index contributed by atoms with van der Waals surface area (Å²) in [5.41, 5.74) is 3.23. The molecule has 3 aromatic rings. The Balaban J connectivity index is 1.16. The average molecular weight is 478 g/mol. The van der Waals surface area contributed by atoms with Crippen LogP contribution >= 0.6 is 11.3 Å². The van der Waals surface area contributed by atoms with E-state index in [1.165, 1.54) is 22.5 Å². The number of amides is 2. The van der Waals surface area contributed by atoms with Crippen LogP contribution in [0.4, 0.5) is 0 Å². The zero-order valence-corrected chi connectivity index (χ0v) is 20.4. The van der Waals surface area contributed by atoms with E-state index >= 15 is 0 Å². The minimum Gasteiger partial charge on any atom is -0.486 e. The zero-order valence-electron chi connectivity index (χ0n) is 19.6. The topological polar surface area (TPSA) is 62.7 Å². The van der Waals surface area contributed by atoms with E-state index < -0.39 is 0 Å². The van der Waals surface area contributed by atoms with E-state index in [0.717, 1.165) is 29.3 Å². The maximum Gasteiger partial charge on any atom is 0.228 e. The first kappa shape index (κ1) is 24.0. The average Bonchev–Trinajstić information content (AvgIpc) is 3.31. The van der Waals surface area contributed by atoms with Crippen molar-refractivity contribution in [2.45, 2.75) is 39.2 Å². The first-order valence-corrected chi connectivity index (χ1v) is 12.7. The van der Waals surface area contributed by atoms with Crippen LogP contribution in [-0.4, -0.2) is 52.8 Å². The van der Waals surface area contributed by atoms with Crippen LogP contribution in [-0.2, 0) is 29.0 Å². The van der Waals surface area contributed by atoms with Crippen LogP contribution in [0.2, 0.25) is 0 Å². The molecule has 6 nitrogen and oxygen atoms in total. The van der Waals surface area contributed by atoms with Crippen molar-refractivity contribution in [2.75, 3.05) is 26.2 Å². The highest BCUT2D eigenvalue weighted by molar-refractivity contribution is 7.09. The van der Waals surface area contributed by atoms with Crippen molar-refractivity contribution in [2.24, 2.45) is 0 Å². The number of aromatic nitrogens is 1. The van der Waals surface area contributed by atoms with Gasteiger partial charge in [-0.2, -0.15) is 0 Å². The first-order valence-electron chi connectivity index (χ1n) is 11.8. The fourth-order valence-corrected chi connectivity index (χ4v) is 4.70. The molecule has 2 heterocycles. The number of ether oxygens (including phenoxy) is 1. The molecule has 0 spiro atoms. The van der Waals surface area contributed by atoms with Crippen LogP contribution in [0.3, 0.4) is 0 Å². The zero-order chi connectivity index (χ0) is 23.8. The summed E-state index contributed by atoms with van der Waals surface area (Å²) in [7, 11) is 0. The minimum absolute atomic E-state index is 0.0625. The van der Waals surface area contributed by atoms with E-state index in [2.05, 4.69) is 17.1 Å². The van der Waals surface area contributed by atoms with Gasteiger partial charge in [0.15, 0.2) is 0 Å². The second-order valence-electron chi connectivity index (χ2n) is 8.61. The van der Waals surface area contributed by atoms with Gasteiger partial charge in [-0.25, -0.2) is 4.98 Å². The molecule has 1 saturated heterocycles. The standard InChI is InChI=1S/C27H31N3O3S/c1-21-10-12-24(13-11-21)33-19-25-28-23(20-34-25)18-27(32)30-16-14-29(15-17-30)26(31)9-5-8-22-6-3-2-4-7-22/h2-4,6-7,10-13,20H,5,8-9,14-19H2,1H3. The Kier molecular flexibility index (Phi) is 8.31. The number of hydrogen-bond acceptors (Lipinski definition) is 5. The van der Waals surface area contributed by atoms with Gasteiger partial charge >= 0.3 is 0 Å². The molecule has 0 atom stereocenters. The highest BCUT2D eigenvalue weighted by atomic mass is 32.1. The fourth-order valence-electron chi connectivity index (χ4n) is 3.99. The number of aryl methyl sites for hydroxylation is 2. The van der Waals surface area contributed by atoms with Crippen molar-refractivity contribution < 1.29 is 14.3 Å². The number of piperazine rings is 1.